The topological polar surface area (TPSA) is 54.0 Å². The molecule has 128 valence electrons. The summed E-state index contributed by atoms with van der Waals surface area (Å²) in [6, 6.07) is 10.9. The Morgan fingerprint density at radius 3 is 1.92 bits per heavy atom. The van der Waals surface area contributed by atoms with E-state index in [0.717, 1.165) is 11.1 Å². The van der Waals surface area contributed by atoms with Crippen LogP contribution in [0.2, 0.25) is 0 Å². The molecule has 0 aliphatic heterocycles. The van der Waals surface area contributed by atoms with Gasteiger partial charge in [0.2, 0.25) is 0 Å². The number of hydrogen-bond donors (Lipinski definition) is 0. The molecule has 0 heterocycles. The molecule has 2 rings (SSSR count). The second kappa shape index (κ2) is 10.4. The minimum absolute atomic E-state index is 0. The van der Waals surface area contributed by atoms with Crippen LogP contribution in [-0.2, 0) is 0 Å². The molecule has 7 heteroatoms. The van der Waals surface area contributed by atoms with Crippen molar-refractivity contribution in [2.45, 2.75) is 6.92 Å². The van der Waals surface area contributed by atoms with Crippen molar-refractivity contribution in [1.29, 1.82) is 0 Å². The Morgan fingerprint density at radius 2 is 1.48 bits per heavy atom. The molecule has 0 aliphatic rings. The Morgan fingerprint density at radius 1 is 0.920 bits per heavy atom. The van der Waals surface area contributed by atoms with Crippen LogP contribution in [0.4, 0.5) is 0 Å². The van der Waals surface area contributed by atoms with Gasteiger partial charge in [0.05, 0.1) is 27.9 Å². The quantitative estimate of drug-likeness (QED) is 0.502. The van der Waals surface area contributed by atoms with Gasteiger partial charge in [-0.2, -0.15) is 0 Å². The van der Waals surface area contributed by atoms with Crippen LogP contribution in [0.25, 0.3) is 0 Å². The summed E-state index contributed by atoms with van der Waals surface area (Å²) in [5.41, 5.74) is 0.364. The number of hydrogen-bond acceptors (Lipinski definition) is 5. The molecular weight excluding hydrogens is 334 g/mol. The number of carbonyl (C=O) groups is 1. The summed E-state index contributed by atoms with van der Waals surface area (Å²) in [4.78, 5) is 12.8. The van der Waals surface area contributed by atoms with Gasteiger partial charge in [-0.05, 0) is 32.9 Å². The molecule has 0 amide bonds. The van der Waals surface area contributed by atoms with Crippen LogP contribution < -0.4 is 43.1 Å². The summed E-state index contributed by atoms with van der Waals surface area (Å²) in [6.07, 6.45) is 0. The fourth-order valence-corrected chi connectivity index (χ4v) is 3.19. The minimum Gasteiger partial charge on any atom is -0.496 e. The van der Waals surface area contributed by atoms with Crippen LogP contribution in [0.5, 0.6) is 23.0 Å². The van der Waals surface area contributed by atoms with Crippen LogP contribution in [-0.4, -0.2) is 33.5 Å². The molecular formula is C18H21LiO5P+. The van der Waals surface area contributed by atoms with Gasteiger partial charge in [-0.3, -0.25) is 4.79 Å². The summed E-state index contributed by atoms with van der Waals surface area (Å²) in [6.45, 7) is 2.54. The van der Waals surface area contributed by atoms with Crippen molar-refractivity contribution in [3.8, 4) is 23.0 Å². The van der Waals surface area contributed by atoms with Gasteiger partial charge in [-0.15, -0.1) is 0 Å². The summed E-state index contributed by atoms with van der Waals surface area (Å²) >= 11 is 0. The van der Waals surface area contributed by atoms with Gasteiger partial charge >= 0.3 is 18.9 Å². The van der Waals surface area contributed by atoms with Gasteiger partial charge in [0.15, 0.2) is 5.52 Å². The normalized spacial score (nSPS) is 10.2. The minimum atomic E-state index is -0.0597. The van der Waals surface area contributed by atoms with Crippen molar-refractivity contribution in [1.82, 2.24) is 0 Å². The van der Waals surface area contributed by atoms with Gasteiger partial charge in [0, 0.05) is 12.1 Å². The largest absolute Gasteiger partial charge is 1.00 e. The van der Waals surface area contributed by atoms with E-state index in [1.54, 1.807) is 19.2 Å². The zero-order valence-electron chi connectivity index (χ0n) is 15.2. The molecule has 0 fully saturated rings. The molecule has 0 radical (unpaired) electrons. The second-order valence-electron chi connectivity index (χ2n) is 4.82. The summed E-state index contributed by atoms with van der Waals surface area (Å²) in [7, 11) is 4.55. The van der Waals surface area contributed by atoms with E-state index in [9.17, 15) is 4.79 Å². The maximum Gasteiger partial charge on any atom is 1.00 e. The molecule has 2 aromatic carbocycles. The van der Waals surface area contributed by atoms with Crippen molar-refractivity contribution >= 4 is 19.4 Å². The van der Waals surface area contributed by atoms with Crippen LogP contribution >= 0.6 is 8.58 Å². The van der Waals surface area contributed by atoms with Gasteiger partial charge in [-0.1, -0.05) is 12.1 Å². The van der Waals surface area contributed by atoms with Crippen molar-refractivity contribution in [3.05, 3.63) is 42.0 Å². The van der Waals surface area contributed by atoms with E-state index >= 15 is 0 Å². The molecule has 25 heavy (non-hydrogen) atoms. The zero-order valence-corrected chi connectivity index (χ0v) is 16.2. The summed E-state index contributed by atoms with van der Waals surface area (Å²) in [5.74, 6) is 2.24. The summed E-state index contributed by atoms with van der Waals surface area (Å²) in [5, 5.41) is 0.920. The van der Waals surface area contributed by atoms with Gasteiger partial charge in [0.25, 0.3) is 0 Å². The predicted molar refractivity (Wildman–Crippen MR) is 96.0 cm³/mol. The smallest absolute Gasteiger partial charge is 0.496 e. The Bertz CT molecular complexity index is 678. The van der Waals surface area contributed by atoms with E-state index in [4.69, 9.17) is 18.9 Å². The molecule has 0 aromatic heterocycles. The zero-order chi connectivity index (χ0) is 17.5. The van der Waals surface area contributed by atoms with Crippen molar-refractivity contribution in [2.75, 3.05) is 27.9 Å². The Balaban J connectivity index is 0.00000312. The Labute approximate surface area is 162 Å². The molecule has 2 aromatic rings. The van der Waals surface area contributed by atoms with Crippen LogP contribution in [0, 0.1) is 0 Å². The van der Waals surface area contributed by atoms with Crippen LogP contribution in [0.15, 0.2) is 36.4 Å². The van der Waals surface area contributed by atoms with E-state index in [2.05, 4.69) is 0 Å². The number of carbonyl (C=O) groups excluding carboxylic acids is 1. The first kappa shape index (κ1) is 21.4. The summed E-state index contributed by atoms with van der Waals surface area (Å²) < 4.78 is 21.3. The van der Waals surface area contributed by atoms with E-state index in [1.807, 2.05) is 31.2 Å². The molecule has 1 atom stereocenters. The number of ether oxygens (including phenoxy) is 4. The van der Waals surface area contributed by atoms with E-state index in [1.165, 1.54) is 14.2 Å². The monoisotopic (exact) mass is 355 g/mol. The van der Waals surface area contributed by atoms with E-state index in [-0.39, 0.29) is 33.0 Å². The van der Waals surface area contributed by atoms with Gasteiger partial charge in [-0.25, -0.2) is 0 Å². The average Bonchev–Trinajstić information content (AvgIpc) is 2.62. The Kier molecular flexibility index (Phi) is 8.86. The number of methoxy groups -OCH3 is 3. The van der Waals surface area contributed by atoms with E-state index < -0.39 is 0 Å². The van der Waals surface area contributed by atoms with Gasteiger partial charge in [0.1, 0.15) is 28.6 Å². The molecule has 5 nitrogen and oxygen atoms in total. The molecule has 1 unspecified atom stereocenters. The molecule has 0 saturated heterocycles. The fraction of sp³-hybridized carbons (Fsp3) is 0.278. The molecule has 0 N–H and O–H groups in total. The SMILES string of the molecule is CCOc1ccc(PC(=O)c2c(OC)cc(OC)cc2OC)cc1.[Li+]. The standard InChI is InChI=1S/C18H21O5P.Li/c1-5-23-12-6-8-14(9-7-12)24-18(19)17-15(21-3)10-13(20-2)11-16(17)22-4;/h6-11,24H,5H2,1-4H3;/q;+1. The fourth-order valence-electron chi connectivity index (χ4n) is 2.22. The number of rotatable bonds is 8. The van der Waals surface area contributed by atoms with Crippen molar-refractivity contribution in [3.63, 3.8) is 0 Å². The van der Waals surface area contributed by atoms with Crippen molar-refractivity contribution < 1.29 is 42.6 Å². The first-order valence-electron chi connectivity index (χ1n) is 7.47. The molecule has 0 spiro atoms. The second-order valence-corrected chi connectivity index (χ2v) is 6.10. The van der Waals surface area contributed by atoms with Crippen molar-refractivity contribution in [2.24, 2.45) is 0 Å². The van der Waals surface area contributed by atoms with Gasteiger partial charge < -0.3 is 18.9 Å². The third-order valence-corrected chi connectivity index (χ3v) is 4.46. The van der Waals surface area contributed by atoms with Crippen LogP contribution in [0.1, 0.15) is 17.3 Å². The van der Waals surface area contributed by atoms with Crippen LogP contribution in [0.3, 0.4) is 0 Å². The third-order valence-electron chi connectivity index (χ3n) is 3.37. The first-order valence-corrected chi connectivity index (χ1v) is 8.47. The average molecular weight is 355 g/mol. The maximum absolute atomic E-state index is 12.8. The molecule has 0 bridgehead atoms. The maximum atomic E-state index is 12.8. The Hall–Kier alpha value is -1.66. The molecule has 0 aliphatic carbocycles. The third kappa shape index (κ3) is 5.41. The van der Waals surface area contributed by atoms with E-state index in [0.29, 0.717) is 29.4 Å². The predicted octanol–water partition coefficient (Wildman–Crippen LogP) is 0.259. The first-order chi connectivity index (χ1) is 11.6. The molecule has 0 saturated carbocycles. The number of benzene rings is 2.